The predicted octanol–water partition coefficient (Wildman–Crippen LogP) is 3.83. The zero-order valence-electron chi connectivity index (χ0n) is 11.1. The molecule has 0 amide bonds. The summed E-state index contributed by atoms with van der Waals surface area (Å²) in [5, 5.41) is 0.736. The second-order valence-corrected chi connectivity index (χ2v) is 4.91. The number of benzene rings is 2. The normalized spacial score (nSPS) is 10.5. The van der Waals surface area contributed by atoms with Gasteiger partial charge in [-0.05, 0) is 36.2 Å². The zero-order chi connectivity index (χ0) is 13.7. The fourth-order valence-corrected chi connectivity index (χ4v) is 2.39. The van der Waals surface area contributed by atoms with Crippen molar-refractivity contribution in [2.24, 2.45) is 5.73 Å². The van der Waals surface area contributed by atoms with Crippen LogP contribution in [0.25, 0.3) is 0 Å². The Hall–Kier alpha value is -1.51. The quantitative estimate of drug-likeness (QED) is 0.898. The van der Waals surface area contributed by atoms with Crippen LogP contribution in [0.15, 0.2) is 48.5 Å². The van der Waals surface area contributed by atoms with Crippen LogP contribution >= 0.6 is 11.6 Å². The Balaban J connectivity index is 2.27. The zero-order valence-corrected chi connectivity index (χ0v) is 11.9. The van der Waals surface area contributed by atoms with Crippen LogP contribution in [0.1, 0.15) is 18.1 Å². The van der Waals surface area contributed by atoms with Gasteiger partial charge in [0.1, 0.15) is 0 Å². The van der Waals surface area contributed by atoms with Crippen molar-refractivity contribution in [1.29, 1.82) is 0 Å². The molecule has 2 aromatic carbocycles. The van der Waals surface area contributed by atoms with Crippen LogP contribution in [0.4, 0.5) is 5.69 Å². The van der Waals surface area contributed by atoms with Gasteiger partial charge >= 0.3 is 0 Å². The third kappa shape index (κ3) is 3.49. The van der Waals surface area contributed by atoms with Gasteiger partial charge in [0.2, 0.25) is 0 Å². The second-order valence-electron chi connectivity index (χ2n) is 4.48. The minimum atomic E-state index is 0.501. The Kier molecular flexibility index (Phi) is 4.83. The molecule has 0 radical (unpaired) electrons. The highest BCUT2D eigenvalue weighted by molar-refractivity contribution is 6.30. The average Bonchev–Trinajstić information content (AvgIpc) is 2.46. The summed E-state index contributed by atoms with van der Waals surface area (Å²) in [5.41, 5.74) is 9.37. The van der Waals surface area contributed by atoms with Gasteiger partial charge in [-0.25, -0.2) is 0 Å². The Morgan fingerprint density at radius 3 is 2.47 bits per heavy atom. The van der Waals surface area contributed by atoms with Crippen molar-refractivity contribution < 1.29 is 0 Å². The third-order valence-electron chi connectivity index (χ3n) is 3.20. The number of halogens is 1. The molecule has 0 saturated heterocycles. The second kappa shape index (κ2) is 6.60. The first-order valence-electron chi connectivity index (χ1n) is 6.52. The Labute approximate surface area is 119 Å². The molecule has 0 unspecified atom stereocenters. The highest BCUT2D eigenvalue weighted by Crippen LogP contribution is 2.25. The van der Waals surface area contributed by atoms with E-state index in [2.05, 4.69) is 42.2 Å². The van der Waals surface area contributed by atoms with Gasteiger partial charge in [0.25, 0.3) is 0 Å². The molecule has 2 aromatic rings. The lowest BCUT2D eigenvalue weighted by Gasteiger charge is -2.26. The van der Waals surface area contributed by atoms with Gasteiger partial charge < -0.3 is 10.6 Å². The first-order chi connectivity index (χ1) is 9.24. The lowest BCUT2D eigenvalue weighted by molar-refractivity contribution is 0.821. The third-order valence-corrected chi connectivity index (χ3v) is 3.44. The van der Waals surface area contributed by atoms with Crippen molar-refractivity contribution in [3.8, 4) is 0 Å². The van der Waals surface area contributed by atoms with Gasteiger partial charge in [-0.2, -0.15) is 0 Å². The number of nitrogens with zero attached hydrogens (tertiary/aromatic N) is 1. The van der Waals surface area contributed by atoms with Crippen molar-refractivity contribution >= 4 is 17.3 Å². The van der Waals surface area contributed by atoms with Crippen LogP contribution in [0.5, 0.6) is 0 Å². The van der Waals surface area contributed by atoms with E-state index in [1.54, 1.807) is 0 Å². The summed E-state index contributed by atoms with van der Waals surface area (Å²) in [7, 11) is 0. The Bertz CT molecular complexity index is 526. The van der Waals surface area contributed by atoms with E-state index in [4.69, 9.17) is 17.3 Å². The summed E-state index contributed by atoms with van der Waals surface area (Å²) in [6.45, 7) is 4.47. The molecule has 0 fully saturated rings. The lowest BCUT2D eigenvalue weighted by Crippen LogP contribution is -2.23. The number of nitrogens with two attached hydrogens (primary N) is 1. The standard InChI is InChI=1S/C16H19ClN2/c1-2-19(12-13-6-4-3-5-7-13)16-9-8-15(17)10-14(16)11-18/h3-10H,2,11-12,18H2,1H3. The molecule has 0 aliphatic heterocycles. The lowest BCUT2D eigenvalue weighted by atomic mass is 10.1. The van der Waals surface area contributed by atoms with E-state index in [1.807, 2.05) is 18.2 Å². The Morgan fingerprint density at radius 2 is 1.84 bits per heavy atom. The van der Waals surface area contributed by atoms with Crippen LogP contribution in [0, 0.1) is 0 Å². The van der Waals surface area contributed by atoms with Gasteiger partial charge in [-0.15, -0.1) is 0 Å². The summed E-state index contributed by atoms with van der Waals surface area (Å²) in [6, 6.07) is 16.4. The molecule has 2 rings (SSSR count). The van der Waals surface area contributed by atoms with Gasteiger partial charge in [0.05, 0.1) is 0 Å². The molecule has 0 saturated carbocycles. The largest absolute Gasteiger partial charge is 0.367 e. The number of hydrogen-bond acceptors (Lipinski definition) is 2. The highest BCUT2D eigenvalue weighted by Gasteiger charge is 2.10. The Morgan fingerprint density at radius 1 is 1.11 bits per heavy atom. The fraction of sp³-hybridized carbons (Fsp3) is 0.250. The monoisotopic (exact) mass is 274 g/mol. The van der Waals surface area contributed by atoms with Gasteiger partial charge in [0.15, 0.2) is 0 Å². The van der Waals surface area contributed by atoms with Gasteiger partial charge in [-0.1, -0.05) is 41.9 Å². The number of hydrogen-bond donors (Lipinski definition) is 1. The molecule has 0 bridgehead atoms. The molecule has 19 heavy (non-hydrogen) atoms. The summed E-state index contributed by atoms with van der Waals surface area (Å²) < 4.78 is 0. The van der Waals surface area contributed by atoms with Crippen LogP contribution in [0.2, 0.25) is 5.02 Å². The van der Waals surface area contributed by atoms with E-state index < -0.39 is 0 Å². The van der Waals surface area contributed by atoms with Crippen molar-refractivity contribution in [3.05, 3.63) is 64.7 Å². The molecule has 0 aromatic heterocycles. The van der Waals surface area contributed by atoms with E-state index >= 15 is 0 Å². The minimum Gasteiger partial charge on any atom is -0.367 e. The molecular formula is C16H19ClN2. The van der Waals surface area contributed by atoms with Crippen molar-refractivity contribution in [2.75, 3.05) is 11.4 Å². The SMILES string of the molecule is CCN(Cc1ccccc1)c1ccc(Cl)cc1CN. The van der Waals surface area contributed by atoms with E-state index in [0.29, 0.717) is 6.54 Å². The minimum absolute atomic E-state index is 0.501. The summed E-state index contributed by atoms with van der Waals surface area (Å²) in [5.74, 6) is 0. The number of rotatable bonds is 5. The van der Waals surface area contributed by atoms with Crippen molar-refractivity contribution in [3.63, 3.8) is 0 Å². The van der Waals surface area contributed by atoms with Crippen LogP contribution < -0.4 is 10.6 Å². The molecule has 2 N–H and O–H groups in total. The average molecular weight is 275 g/mol. The smallest absolute Gasteiger partial charge is 0.0429 e. The molecule has 0 spiro atoms. The first kappa shape index (κ1) is 13.9. The topological polar surface area (TPSA) is 29.3 Å². The molecule has 100 valence electrons. The molecule has 0 atom stereocenters. The molecule has 0 aliphatic rings. The first-order valence-corrected chi connectivity index (χ1v) is 6.89. The van der Waals surface area contributed by atoms with E-state index in [9.17, 15) is 0 Å². The number of anilines is 1. The molecular weight excluding hydrogens is 256 g/mol. The fourth-order valence-electron chi connectivity index (χ4n) is 2.20. The molecule has 2 nitrogen and oxygen atoms in total. The van der Waals surface area contributed by atoms with Crippen molar-refractivity contribution in [1.82, 2.24) is 0 Å². The van der Waals surface area contributed by atoms with E-state index in [0.717, 1.165) is 23.7 Å². The maximum atomic E-state index is 6.03. The van der Waals surface area contributed by atoms with E-state index in [-0.39, 0.29) is 0 Å². The molecule has 0 heterocycles. The maximum Gasteiger partial charge on any atom is 0.0429 e. The summed E-state index contributed by atoms with van der Waals surface area (Å²) >= 11 is 6.03. The molecule has 0 aliphatic carbocycles. The summed E-state index contributed by atoms with van der Waals surface area (Å²) in [4.78, 5) is 2.31. The molecule has 3 heteroatoms. The maximum absolute atomic E-state index is 6.03. The van der Waals surface area contributed by atoms with E-state index in [1.165, 1.54) is 11.3 Å². The van der Waals surface area contributed by atoms with Crippen LogP contribution in [-0.2, 0) is 13.1 Å². The van der Waals surface area contributed by atoms with Crippen LogP contribution in [0.3, 0.4) is 0 Å². The van der Waals surface area contributed by atoms with Crippen LogP contribution in [-0.4, -0.2) is 6.54 Å². The van der Waals surface area contributed by atoms with Gasteiger partial charge in [0, 0.05) is 30.3 Å². The highest BCUT2D eigenvalue weighted by atomic mass is 35.5. The summed E-state index contributed by atoms with van der Waals surface area (Å²) in [6.07, 6.45) is 0. The van der Waals surface area contributed by atoms with Crippen molar-refractivity contribution in [2.45, 2.75) is 20.0 Å². The predicted molar refractivity (Wildman–Crippen MR) is 82.5 cm³/mol. The van der Waals surface area contributed by atoms with Gasteiger partial charge in [-0.3, -0.25) is 0 Å².